The van der Waals surface area contributed by atoms with Crippen molar-refractivity contribution in [1.29, 1.82) is 0 Å². The van der Waals surface area contributed by atoms with Crippen LogP contribution < -0.4 is 15.4 Å². The number of unbranched alkanes of at least 4 members (excludes halogenated alkanes) is 1. The van der Waals surface area contributed by atoms with E-state index in [0.717, 1.165) is 16.8 Å². The standard InChI is InChI=1S/C29H35ClN6O4/c1-18-34-35-27-23(17-25(37)31-14-6-7-15-32-28(38)40-29(2,3)4)33-26(19-8-10-20(30)11-9-19)22-16-21(39-5)12-13-24(22)36(18)27/h8-13,16,23H,6-7,14-15,17H2,1-5H3,(H,31,37)(H,32,38). The molecule has 2 heterocycles. The summed E-state index contributed by atoms with van der Waals surface area (Å²) < 4.78 is 12.7. The van der Waals surface area contributed by atoms with Crippen LogP contribution in [0, 0.1) is 6.92 Å². The van der Waals surface area contributed by atoms with E-state index in [1.807, 2.05) is 74.7 Å². The van der Waals surface area contributed by atoms with Crippen LogP contribution in [0.5, 0.6) is 5.75 Å². The lowest BCUT2D eigenvalue weighted by Gasteiger charge is -2.19. The van der Waals surface area contributed by atoms with E-state index in [-0.39, 0.29) is 12.3 Å². The summed E-state index contributed by atoms with van der Waals surface area (Å²) in [5.74, 6) is 1.81. The molecule has 1 atom stereocenters. The second-order valence-corrected chi connectivity index (χ2v) is 11.0. The number of benzene rings is 2. The highest BCUT2D eigenvalue weighted by atomic mass is 35.5. The van der Waals surface area contributed by atoms with Gasteiger partial charge in [-0.25, -0.2) is 4.79 Å². The van der Waals surface area contributed by atoms with Crippen LogP contribution >= 0.6 is 11.6 Å². The van der Waals surface area contributed by atoms with E-state index in [4.69, 9.17) is 26.1 Å². The molecule has 0 saturated heterocycles. The van der Waals surface area contributed by atoms with Crippen molar-refractivity contribution in [1.82, 2.24) is 25.4 Å². The molecule has 1 aliphatic rings. The molecule has 212 valence electrons. The normalized spacial score (nSPS) is 14.3. The summed E-state index contributed by atoms with van der Waals surface area (Å²) >= 11 is 6.16. The van der Waals surface area contributed by atoms with Crippen molar-refractivity contribution in [3.05, 3.63) is 70.3 Å². The summed E-state index contributed by atoms with van der Waals surface area (Å²) in [4.78, 5) is 29.9. The van der Waals surface area contributed by atoms with Gasteiger partial charge < -0.3 is 20.1 Å². The minimum Gasteiger partial charge on any atom is -0.497 e. The van der Waals surface area contributed by atoms with Gasteiger partial charge in [0.25, 0.3) is 0 Å². The highest BCUT2D eigenvalue weighted by molar-refractivity contribution is 6.30. The Kier molecular flexibility index (Phi) is 9.09. The Morgan fingerprint density at radius 1 is 1.02 bits per heavy atom. The van der Waals surface area contributed by atoms with E-state index < -0.39 is 17.7 Å². The molecule has 0 saturated carbocycles. The molecule has 3 aromatic rings. The van der Waals surface area contributed by atoms with Crippen LogP contribution in [0.2, 0.25) is 5.02 Å². The molecular weight excluding hydrogens is 532 g/mol. The third kappa shape index (κ3) is 7.18. The average Bonchev–Trinajstić information content (AvgIpc) is 3.22. The smallest absolute Gasteiger partial charge is 0.407 e. The number of fused-ring (bicyclic) bond motifs is 3. The predicted octanol–water partition coefficient (Wildman–Crippen LogP) is 4.94. The minimum absolute atomic E-state index is 0.0938. The van der Waals surface area contributed by atoms with E-state index >= 15 is 0 Å². The Morgan fingerprint density at radius 2 is 1.73 bits per heavy atom. The summed E-state index contributed by atoms with van der Waals surface area (Å²) in [6.07, 6.45) is 1.05. The van der Waals surface area contributed by atoms with Gasteiger partial charge >= 0.3 is 6.09 Å². The summed E-state index contributed by atoms with van der Waals surface area (Å²) in [5.41, 5.74) is 2.72. The molecule has 0 fully saturated rings. The van der Waals surface area contributed by atoms with Crippen molar-refractivity contribution in [3.8, 4) is 11.4 Å². The van der Waals surface area contributed by atoms with E-state index in [9.17, 15) is 9.59 Å². The first kappa shape index (κ1) is 29.1. The quantitative estimate of drug-likeness (QED) is 0.354. The van der Waals surface area contributed by atoms with Gasteiger partial charge in [-0.05, 0) is 70.9 Å². The molecule has 1 aliphatic heterocycles. The van der Waals surface area contributed by atoms with E-state index in [2.05, 4.69) is 20.8 Å². The zero-order valence-corrected chi connectivity index (χ0v) is 24.2. The second-order valence-electron chi connectivity index (χ2n) is 10.5. The van der Waals surface area contributed by atoms with E-state index in [1.165, 1.54) is 0 Å². The number of aromatic nitrogens is 3. The number of hydrogen-bond donors (Lipinski definition) is 2. The SMILES string of the molecule is COc1ccc2c(c1)C(c1ccc(Cl)cc1)=NC(CC(=O)NCCCCNC(=O)OC(C)(C)C)c1nnc(C)n1-2. The number of carbonyl (C=O) groups excluding carboxylic acids is 2. The van der Waals surface area contributed by atoms with Gasteiger partial charge in [-0.3, -0.25) is 14.4 Å². The Bertz CT molecular complexity index is 1390. The fourth-order valence-electron chi connectivity index (χ4n) is 4.41. The number of methoxy groups -OCH3 is 1. The zero-order chi connectivity index (χ0) is 28.9. The van der Waals surface area contributed by atoms with Gasteiger partial charge in [0.15, 0.2) is 5.82 Å². The number of carbonyl (C=O) groups is 2. The molecular formula is C29H35ClN6O4. The Hall–Kier alpha value is -3.92. The third-order valence-corrected chi connectivity index (χ3v) is 6.47. The second kappa shape index (κ2) is 12.5. The molecule has 0 spiro atoms. The van der Waals surface area contributed by atoms with E-state index in [0.29, 0.717) is 54.1 Å². The van der Waals surface area contributed by atoms with Crippen LogP contribution in [0.1, 0.15) is 68.9 Å². The predicted molar refractivity (Wildman–Crippen MR) is 154 cm³/mol. The number of alkyl carbamates (subject to hydrolysis) is 1. The third-order valence-electron chi connectivity index (χ3n) is 6.22. The molecule has 2 aromatic carbocycles. The number of hydrogen-bond acceptors (Lipinski definition) is 7. The molecule has 0 aliphatic carbocycles. The Labute approximate surface area is 239 Å². The lowest BCUT2D eigenvalue weighted by molar-refractivity contribution is -0.121. The van der Waals surface area contributed by atoms with Crippen molar-refractivity contribution in [2.75, 3.05) is 20.2 Å². The summed E-state index contributed by atoms with van der Waals surface area (Å²) in [6, 6.07) is 12.6. The first-order valence-corrected chi connectivity index (χ1v) is 13.6. The number of nitrogens with zero attached hydrogens (tertiary/aromatic N) is 4. The molecule has 2 N–H and O–H groups in total. The monoisotopic (exact) mass is 566 g/mol. The molecule has 10 nitrogen and oxygen atoms in total. The van der Waals surface area contributed by atoms with Gasteiger partial charge in [0, 0.05) is 29.2 Å². The molecule has 1 unspecified atom stereocenters. The first-order valence-electron chi connectivity index (χ1n) is 13.2. The van der Waals surface area contributed by atoms with Crippen LogP contribution in [0.3, 0.4) is 0 Å². The number of aryl methyl sites for hydroxylation is 1. The maximum atomic E-state index is 13.0. The molecule has 0 radical (unpaired) electrons. The number of amides is 2. The largest absolute Gasteiger partial charge is 0.497 e. The Morgan fingerprint density at radius 3 is 2.40 bits per heavy atom. The highest BCUT2D eigenvalue weighted by Crippen LogP contribution is 2.34. The number of halogens is 1. The lowest BCUT2D eigenvalue weighted by atomic mass is 10.00. The molecule has 4 rings (SSSR count). The minimum atomic E-state index is -0.570. The maximum Gasteiger partial charge on any atom is 0.407 e. The lowest BCUT2D eigenvalue weighted by Crippen LogP contribution is -2.33. The van der Waals surface area contributed by atoms with Gasteiger partial charge in [0.05, 0.1) is 24.9 Å². The first-order chi connectivity index (χ1) is 19.1. The summed E-state index contributed by atoms with van der Waals surface area (Å²) in [7, 11) is 1.62. The number of nitrogens with one attached hydrogen (secondary N) is 2. The van der Waals surface area contributed by atoms with Gasteiger partial charge in [-0.2, -0.15) is 0 Å². The zero-order valence-electron chi connectivity index (χ0n) is 23.5. The van der Waals surface area contributed by atoms with Crippen molar-refractivity contribution in [2.45, 2.75) is 58.6 Å². The molecule has 1 aromatic heterocycles. The van der Waals surface area contributed by atoms with Crippen LogP contribution in [-0.4, -0.2) is 58.3 Å². The van der Waals surface area contributed by atoms with Crippen LogP contribution in [0.15, 0.2) is 47.5 Å². The number of ether oxygens (including phenoxy) is 2. The Balaban J connectivity index is 1.50. The topological polar surface area (TPSA) is 120 Å². The fourth-order valence-corrected chi connectivity index (χ4v) is 4.53. The van der Waals surface area contributed by atoms with E-state index in [1.54, 1.807) is 7.11 Å². The number of rotatable bonds is 9. The fraction of sp³-hybridized carbons (Fsp3) is 0.414. The molecule has 2 amide bonds. The van der Waals surface area contributed by atoms with Crippen LogP contribution in [-0.2, 0) is 9.53 Å². The van der Waals surface area contributed by atoms with Gasteiger partial charge in [-0.15, -0.1) is 10.2 Å². The average molecular weight is 567 g/mol. The molecule has 40 heavy (non-hydrogen) atoms. The van der Waals surface area contributed by atoms with Crippen LogP contribution in [0.25, 0.3) is 5.69 Å². The van der Waals surface area contributed by atoms with Crippen molar-refractivity contribution >= 4 is 29.3 Å². The van der Waals surface area contributed by atoms with Gasteiger partial charge in [-0.1, -0.05) is 23.7 Å². The van der Waals surface area contributed by atoms with Crippen LogP contribution in [0.4, 0.5) is 4.79 Å². The number of aliphatic imine (C=N–C) groups is 1. The molecule has 0 bridgehead atoms. The molecule has 11 heteroatoms. The highest BCUT2D eigenvalue weighted by Gasteiger charge is 2.30. The maximum absolute atomic E-state index is 13.0. The van der Waals surface area contributed by atoms with Gasteiger partial charge in [0.2, 0.25) is 5.91 Å². The summed E-state index contributed by atoms with van der Waals surface area (Å²) in [6.45, 7) is 8.26. The van der Waals surface area contributed by atoms with Crippen molar-refractivity contribution in [2.24, 2.45) is 4.99 Å². The summed E-state index contributed by atoms with van der Waals surface area (Å²) in [5, 5.41) is 15.0. The van der Waals surface area contributed by atoms with Gasteiger partial charge in [0.1, 0.15) is 23.2 Å². The van der Waals surface area contributed by atoms with Crippen molar-refractivity contribution < 1.29 is 19.1 Å². The van der Waals surface area contributed by atoms with Crippen molar-refractivity contribution in [3.63, 3.8) is 0 Å².